The smallest absolute Gasteiger partial charge is 0.255 e. The number of carbonyl (C=O) groups is 2. The van der Waals surface area contributed by atoms with Crippen LogP contribution in [-0.4, -0.2) is 58.1 Å². The van der Waals surface area contributed by atoms with Crippen LogP contribution in [0.3, 0.4) is 0 Å². The van der Waals surface area contributed by atoms with E-state index in [1.807, 2.05) is 56.0 Å². The molecule has 2 aromatic carbocycles. The summed E-state index contributed by atoms with van der Waals surface area (Å²) in [5, 5.41) is 4.08. The molecule has 1 aromatic heterocycles. The van der Waals surface area contributed by atoms with E-state index >= 15 is 0 Å². The molecule has 2 heterocycles. The van der Waals surface area contributed by atoms with Crippen LogP contribution in [0.1, 0.15) is 28.4 Å². The third kappa shape index (κ3) is 6.30. The number of anilines is 2. The average molecular weight is 545 g/mol. The van der Waals surface area contributed by atoms with Crippen LogP contribution in [0, 0.1) is 13.8 Å². The van der Waals surface area contributed by atoms with Gasteiger partial charge < -0.3 is 15.1 Å². The minimum Gasteiger partial charge on any atom is -0.353 e. The first-order valence-corrected chi connectivity index (χ1v) is 13.3. The maximum Gasteiger partial charge on any atom is 0.255 e. The Morgan fingerprint density at radius 1 is 1.06 bits per heavy atom. The third-order valence-corrected chi connectivity index (χ3v) is 7.47. The second-order valence-electron chi connectivity index (χ2n) is 8.74. The lowest BCUT2D eigenvalue weighted by atomic mass is 10.1. The van der Waals surface area contributed by atoms with E-state index in [1.54, 1.807) is 18.2 Å². The molecular formula is C26H27Cl2N5O2S. The number of aryl methyl sites for hydroxylation is 2. The molecule has 1 aliphatic heterocycles. The Labute approximate surface area is 225 Å². The minimum atomic E-state index is -0.145. The quantitative estimate of drug-likeness (QED) is 0.252. The van der Waals surface area contributed by atoms with Crippen molar-refractivity contribution in [2.75, 3.05) is 35.6 Å². The Hall–Kier alpha value is -2.81. The number of piperazine rings is 1. The highest BCUT2D eigenvalue weighted by Gasteiger charge is 2.30. The highest BCUT2D eigenvalue weighted by atomic mass is 35.5. The van der Waals surface area contributed by atoms with Crippen molar-refractivity contribution in [1.82, 2.24) is 14.9 Å². The molecule has 0 radical (unpaired) electrons. The maximum atomic E-state index is 13.0. The number of amides is 2. The molecular weight excluding hydrogens is 517 g/mol. The van der Waals surface area contributed by atoms with Crippen molar-refractivity contribution >= 4 is 58.3 Å². The van der Waals surface area contributed by atoms with Crippen LogP contribution in [0.2, 0.25) is 10.2 Å². The summed E-state index contributed by atoms with van der Waals surface area (Å²) in [6, 6.07) is 14.5. The number of hydrogen-bond acceptors (Lipinski definition) is 6. The molecule has 3 aromatic rings. The fourth-order valence-electron chi connectivity index (χ4n) is 4.02. The molecule has 0 saturated carbocycles. The van der Waals surface area contributed by atoms with Gasteiger partial charge in [-0.25, -0.2) is 9.97 Å². The van der Waals surface area contributed by atoms with Gasteiger partial charge >= 0.3 is 0 Å². The van der Waals surface area contributed by atoms with Crippen molar-refractivity contribution in [3.8, 4) is 0 Å². The Morgan fingerprint density at radius 3 is 2.56 bits per heavy atom. The van der Waals surface area contributed by atoms with E-state index in [4.69, 9.17) is 23.2 Å². The van der Waals surface area contributed by atoms with E-state index in [9.17, 15) is 9.59 Å². The van der Waals surface area contributed by atoms with Gasteiger partial charge in [0.05, 0.1) is 16.3 Å². The van der Waals surface area contributed by atoms with Crippen molar-refractivity contribution < 1.29 is 9.59 Å². The molecule has 1 unspecified atom stereocenters. The van der Waals surface area contributed by atoms with Crippen molar-refractivity contribution in [2.45, 2.75) is 32.0 Å². The highest BCUT2D eigenvalue weighted by molar-refractivity contribution is 7.99. The van der Waals surface area contributed by atoms with E-state index in [0.717, 1.165) is 11.3 Å². The molecule has 188 valence electrons. The Bertz CT molecular complexity index is 1290. The van der Waals surface area contributed by atoms with Gasteiger partial charge in [0.2, 0.25) is 5.91 Å². The van der Waals surface area contributed by atoms with Crippen molar-refractivity contribution in [3.63, 3.8) is 0 Å². The van der Waals surface area contributed by atoms with E-state index in [2.05, 4.69) is 20.2 Å². The van der Waals surface area contributed by atoms with Crippen molar-refractivity contribution in [3.05, 3.63) is 75.4 Å². The lowest BCUT2D eigenvalue weighted by Gasteiger charge is -2.40. The molecule has 1 atom stereocenters. The molecule has 10 heteroatoms. The van der Waals surface area contributed by atoms with Crippen molar-refractivity contribution in [2.24, 2.45) is 0 Å². The first kappa shape index (κ1) is 26.3. The van der Waals surface area contributed by atoms with Gasteiger partial charge in [0, 0.05) is 37.4 Å². The van der Waals surface area contributed by atoms with Gasteiger partial charge in [-0.15, -0.1) is 0 Å². The van der Waals surface area contributed by atoms with Gasteiger partial charge in [0.25, 0.3) is 5.91 Å². The molecule has 1 fully saturated rings. The van der Waals surface area contributed by atoms with Crippen LogP contribution in [-0.2, 0) is 4.79 Å². The number of nitrogens with one attached hydrogen (secondary N) is 1. The average Bonchev–Trinajstić information content (AvgIpc) is 2.84. The summed E-state index contributed by atoms with van der Waals surface area (Å²) >= 11 is 13.8. The molecule has 1 saturated heterocycles. The van der Waals surface area contributed by atoms with Gasteiger partial charge in [-0.05, 0) is 56.2 Å². The Balaban J connectivity index is 1.38. The fourth-order valence-corrected chi connectivity index (χ4v) is 5.11. The van der Waals surface area contributed by atoms with Gasteiger partial charge in [-0.3, -0.25) is 9.59 Å². The largest absolute Gasteiger partial charge is 0.353 e. The van der Waals surface area contributed by atoms with E-state index in [0.29, 0.717) is 46.3 Å². The normalized spacial score (nSPS) is 15.6. The first-order chi connectivity index (χ1) is 17.2. The molecule has 1 N–H and O–H groups in total. The van der Waals surface area contributed by atoms with Gasteiger partial charge in [-0.1, -0.05) is 53.2 Å². The Kier molecular flexibility index (Phi) is 8.39. The van der Waals surface area contributed by atoms with E-state index < -0.39 is 0 Å². The number of carbonyl (C=O) groups excluding carboxylic acids is 2. The van der Waals surface area contributed by atoms with Crippen LogP contribution >= 0.6 is 35.0 Å². The summed E-state index contributed by atoms with van der Waals surface area (Å²) in [5.41, 5.74) is 3.55. The van der Waals surface area contributed by atoms with Crippen LogP contribution in [0.5, 0.6) is 0 Å². The van der Waals surface area contributed by atoms with E-state index in [-0.39, 0.29) is 23.6 Å². The lowest BCUT2D eigenvalue weighted by molar-refractivity contribution is -0.113. The number of halogens is 2. The SMILES string of the molecule is Cc1ccc(NC(=O)CSc2nc(Cl)cc(N3CCN(C(=O)c4ccccc4Cl)C(C)C3)n2)cc1C. The second kappa shape index (κ2) is 11.5. The van der Waals surface area contributed by atoms with Crippen LogP contribution < -0.4 is 10.2 Å². The zero-order valence-electron chi connectivity index (χ0n) is 20.3. The molecule has 4 rings (SSSR count). The minimum absolute atomic E-state index is 0.0592. The standard InChI is InChI=1S/C26H27Cl2N5O2S/c1-16-8-9-19(12-17(16)2)29-24(34)15-36-26-30-22(28)13-23(31-26)32-10-11-33(18(3)14-32)25(35)20-6-4-5-7-21(20)27/h4-9,12-13,18H,10-11,14-15H2,1-3H3,(H,29,34). The first-order valence-electron chi connectivity index (χ1n) is 11.6. The molecule has 36 heavy (non-hydrogen) atoms. The van der Waals surface area contributed by atoms with Crippen LogP contribution in [0.25, 0.3) is 0 Å². The Morgan fingerprint density at radius 2 is 1.83 bits per heavy atom. The van der Waals surface area contributed by atoms with Crippen LogP contribution in [0.15, 0.2) is 53.7 Å². The number of thioether (sulfide) groups is 1. The number of hydrogen-bond donors (Lipinski definition) is 1. The number of rotatable bonds is 6. The summed E-state index contributed by atoms with van der Waals surface area (Å²) in [7, 11) is 0. The lowest BCUT2D eigenvalue weighted by Crippen LogP contribution is -2.54. The number of aromatic nitrogens is 2. The second-order valence-corrected chi connectivity index (χ2v) is 10.5. The molecule has 7 nitrogen and oxygen atoms in total. The molecule has 1 aliphatic rings. The monoisotopic (exact) mass is 543 g/mol. The summed E-state index contributed by atoms with van der Waals surface area (Å²) < 4.78 is 0. The highest BCUT2D eigenvalue weighted by Crippen LogP contribution is 2.26. The fraction of sp³-hybridized carbons (Fsp3) is 0.308. The zero-order chi connectivity index (χ0) is 25.8. The van der Waals surface area contributed by atoms with E-state index in [1.165, 1.54) is 17.3 Å². The van der Waals surface area contributed by atoms with Crippen LogP contribution in [0.4, 0.5) is 11.5 Å². The van der Waals surface area contributed by atoms with Gasteiger partial charge in [0.1, 0.15) is 11.0 Å². The molecule has 0 spiro atoms. The number of benzene rings is 2. The molecule has 0 bridgehead atoms. The molecule has 0 aliphatic carbocycles. The van der Waals surface area contributed by atoms with Gasteiger partial charge in [-0.2, -0.15) is 0 Å². The third-order valence-electron chi connectivity index (χ3n) is 6.10. The summed E-state index contributed by atoms with van der Waals surface area (Å²) in [4.78, 5) is 38.3. The molecule has 2 amide bonds. The maximum absolute atomic E-state index is 13.0. The number of nitrogens with zero attached hydrogens (tertiary/aromatic N) is 4. The summed E-state index contributed by atoms with van der Waals surface area (Å²) in [6.07, 6.45) is 0. The van der Waals surface area contributed by atoms with Gasteiger partial charge in [0.15, 0.2) is 5.16 Å². The summed E-state index contributed by atoms with van der Waals surface area (Å²) in [5.74, 6) is 0.598. The van der Waals surface area contributed by atoms with Crippen molar-refractivity contribution in [1.29, 1.82) is 0 Å². The topological polar surface area (TPSA) is 78.4 Å². The predicted molar refractivity (Wildman–Crippen MR) is 146 cm³/mol. The summed E-state index contributed by atoms with van der Waals surface area (Å²) in [6.45, 7) is 7.73. The zero-order valence-corrected chi connectivity index (χ0v) is 22.6. The predicted octanol–water partition coefficient (Wildman–Crippen LogP) is 5.48.